The van der Waals surface area contributed by atoms with E-state index in [0.717, 1.165) is 30.5 Å². The summed E-state index contributed by atoms with van der Waals surface area (Å²) >= 11 is 6.54. The van der Waals surface area contributed by atoms with Crippen molar-refractivity contribution >= 4 is 57.8 Å². The quantitative estimate of drug-likeness (QED) is 0.421. The average Bonchev–Trinajstić information content (AvgIpc) is 3.15. The fourth-order valence-corrected chi connectivity index (χ4v) is 5.91. The van der Waals surface area contributed by atoms with Crippen molar-refractivity contribution in [2.45, 2.75) is 19.8 Å². The van der Waals surface area contributed by atoms with Crippen LogP contribution < -0.4 is 15.4 Å². The highest BCUT2D eigenvalue weighted by Gasteiger charge is 2.33. The molecule has 2 aromatic rings. The molecule has 0 spiro atoms. The molecule has 192 valence electrons. The summed E-state index contributed by atoms with van der Waals surface area (Å²) in [6.07, 6.45) is 1.95. The maximum Gasteiger partial charge on any atom is 0.303 e. The number of thiocarbonyl (C=S) groups is 1. The van der Waals surface area contributed by atoms with Crippen LogP contribution in [0.25, 0.3) is 6.08 Å². The van der Waals surface area contributed by atoms with Crippen LogP contribution in [0.3, 0.4) is 0 Å². The van der Waals surface area contributed by atoms with Crippen LogP contribution in [0, 0.1) is 18.3 Å². The lowest BCUT2D eigenvalue weighted by Crippen LogP contribution is -2.48. The number of pyridine rings is 1. The smallest absolute Gasteiger partial charge is 0.303 e. The molecule has 0 aliphatic carbocycles. The van der Waals surface area contributed by atoms with Crippen molar-refractivity contribution in [2.75, 3.05) is 42.5 Å². The van der Waals surface area contributed by atoms with Crippen molar-refractivity contribution < 1.29 is 14.7 Å². The van der Waals surface area contributed by atoms with Gasteiger partial charge in [-0.3, -0.25) is 23.9 Å². The molecule has 4 rings (SSSR count). The van der Waals surface area contributed by atoms with Gasteiger partial charge >= 0.3 is 5.97 Å². The Kier molecular flexibility index (Phi) is 8.00. The second-order valence-electron chi connectivity index (χ2n) is 8.85. The van der Waals surface area contributed by atoms with E-state index < -0.39 is 5.97 Å². The number of hydrogen-bond acceptors (Lipinski definition) is 8. The van der Waals surface area contributed by atoms with Crippen LogP contribution in [0.2, 0.25) is 0 Å². The molecule has 1 amide bonds. The molecule has 0 radical (unpaired) electrons. The number of aliphatic carboxylic acids is 1. The molecule has 2 aliphatic heterocycles. The molecule has 1 aromatic heterocycles. The third-order valence-electron chi connectivity index (χ3n) is 6.59. The number of thioether (sulfide) groups is 1. The summed E-state index contributed by atoms with van der Waals surface area (Å²) in [4.78, 5) is 43.3. The van der Waals surface area contributed by atoms with E-state index in [2.05, 4.69) is 21.9 Å². The van der Waals surface area contributed by atoms with Gasteiger partial charge in [-0.05, 0) is 37.1 Å². The molecule has 2 fully saturated rings. The van der Waals surface area contributed by atoms with E-state index in [-0.39, 0.29) is 30.0 Å². The van der Waals surface area contributed by atoms with E-state index in [9.17, 15) is 19.6 Å². The standard InChI is InChI=1S/C26H27N5O4S2/c1-17-19(15-21-25(35)31(26(36)37-21)10-6-9-22(32)33)23(28(2)24(34)20(17)16-27)30-13-11-29(12-14-30)18-7-4-3-5-8-18/h3-5,7-8,15H,6,9-14H2,1-2H3,(H,32,33)/b21-15+. The highest BCUT2D eigenvalue weighted by Crippen LogP contribution is 2.36. The van der Waals surface area contributed by atoms with Crippen molar-refractivity contribution in [1.82, 2.24) is 9.47 Å². The van der Waals surface area contributed by atoms with E-state index in [1.165, 1.54) is 9.47 Å². The number of anilines is 2. The SMILES string of the molecule is Cc1c(/C=C2/SC(=S)N(CCCC(=O)O)C2=O)c(N2CCN(c3ccccc3)CC2)n(C)c(=O)c1C#N. The summed E-state index contributed by atoms with van der Waals surface area (Å²) in [6, 6.07) is 12.2. The Bertz CT molecular complexity index is 1370. The lowest BCUT2D eigenvalue weighted by atomic mass is 10.0. The van der Waals surface area contributed by atoms with E-state index in [1.54, 1.807) is 20.0 Å². The number of piperazine rings is 1. The van der Waals surface area contributed by atoms with E-state index in [0.29, 0.717) is 45.7 Å². The number of carbonyl (C=O) groups is 2. The Morgan fingerprint density at radius 1 is 1.16 bits per heavy atom. The number of nitrogens with zero attached hydrogens (tertiary/aromatic N) is 5. The van der Waals surface area contributed by atoms with Gasteiger partial charge in [-0.25, -0.2) is 0 Å². The minimum atomic E-state index is -0.928. The predicted molar refractivity (Wildman–Crippen MR) is 149 cm³/mol. The third-order valence-corrected chi connectivity index (χ3v) is 7.97. The van der Waals surface area contributed by atoms with E-state index in [1.807, 2.05) is 24.3 Å². The molecule has 0 bridgehead atoms. The van der Waals surface area contributed by atoms with Gasteiger partial charge in [-0.15, -0.1) is 0 Å². The number of aromatic nitrogens is 1. The summed E-state index contributed by atoms with van der Waals surface area (Å²) in [7, 11) is 1.65. The molecular formula is C26H27N5O4S2. The first kappa shape index (κ1) is 26.4. The van der Waals surface area contributed by atoms with Gasteiger partial charge in [0.2, 0.25) is 0 Å². The van der Waals surface area contributed by atoms with Crippen LogP contribution in [-0.2, 0) is 16.6 Å². The fraction of sp³-hybridized carbons (Fsp3) is 0.346. The largest absolute Gasteiger partial charge is 0.481 e. The summed E-state index contributed by atoms with van der Waals surface area (Å²) in [5.74, 6) is -0.569. The molecule has 0 saturated carbocycles. The van der Waals surface area contributed by atoms with Gasteiger partial charge < -0.3 is 14.9 Å². The van der Waals surface area contributed by atoms with Crippen molar-refractivity contribution in [3.8, 4) is 6.07 Å². The Morgan fingerprint density at radius 3 is 2.43 bits per heavy atom. The molecule has 0 unspecified atom stereocenters. The lowest BCUT2D eigenvalue weighted by Gasteiger charge is -2.38. The maximum atomic E-state index is 13.1. The Morgan fingerprint density at radius 2 is 1.81 bits per heavy atom. The molecule has 1 N–H and O–H groups in total. The molecule has 1 aromatic carbocycles. The number of hydrogen-bond donors (Lipinski definition) is 1. The number of para-hydroxylation sites is 1. The number of nitriles is 1. The van der Waals surface area contributed by atoms with Gasteiger partial charge in [0.1, 0.15) is 21.8 Å². The van der Waals surface area contributed by atoms with Crippen LogP contribution in [0.5, 0.6) is 0 Å². The van der Waals surface area contributed by atoms with Crippen LogP contribution in [-0.4, -0.2) is 63.5 Å². The van der Waals surface area contributed by atoms with Crippen LogP contribution in [0.15, 0.2) is 40.0 Å². The normalized spacial score (nSPS) is 17.0. The molecule has 2 aliphatic rings. The Balaban J connectivity index is 1.68. The first-order chi connectivity index (χ1) is 17.7. The summed E-state index contributed by atoms with van der Waals surface area (Å²) in [5.41, 5.74) is 1.95. The summed E-state index contributed by atoms with van der Waals surface area (Å²) in [5, 5.41) is 18.6. The first-order valence-electron chi connectivity index (χ1n) is 11.9. The highest BCUT2D eigenvalue weighted by atomic mass is 32.2. The highest BCUT2D eigenvalue weighted by molar-refractivity contribution is 8.26. The zero-order chi connectivity index (χ0) is 26.7. The van der Waals surface area contributed by atoms with Gasteiger partial charge in [0.05, 0.1) is 4.91 Å². The van der Waals surface area contributed by atoms with Crippen molar-refractivity contribution in [1.29, 1.82) is 5.26 Å². The number of rotatable bonds is 7. The van der Waals surface area contributed by atoms with Crippen LogP contribution in [0.4, 0.5) is 11.5 Å². The third kappa shape index (κ3) is 5.40. The molecular weight excluding hydrogens is 510 g/mol. The number of carboxylic acids is 1. The van der Waals surface area contributed by atoms with Crippen molar-refractivity contribution in [3.63, 3.8) is 0 Å². The Labute approximate surface area is 224 Å². The van der Waals surface area contributed by atoms with Gasteiger partial charge in [0.15, 0.2) is 0 Å². The average molecular weight is 538 g/mol. The zero-order valence-electron chi connectivity index (χ0n) is 20.6. The molecule has 9 nitrogen and oxygen atoms in total. The summed E-state index contributed by atoms with van der Waals surface area (Å²) in [6.45, 7) is 4.77. The van der Waals surface area contributed by atoms with Gasteiger partial charge in [-0.1, -0.05) is 42.2 Å². The molecule has 2 saturated heterocycles. The molecule has 37 heavy (non-hydrogen) atoms. The van der Waals surface area contributed by atoms with Crippen molar-refractivity contribution in [2.24, 2.45) is 7.05 Å². The van der Waals surface area contributed by atoms with Gasteiger partial charge in [-0.2, -0.15) is 5.26 Å². The Hall–Kier alpha value is -3.62. The first-order valence-corrected chi connectivity index (χ1v) is 13.1. The van der Waals surface area contributed by atoms with Crippen LogP contribution >= 0.6 is 24.0 Å². The van der Waals surface area contributed by atoms with Crippen LogP contribution in [0.1, 0.15) is 29.5 Å². The fourth-order valence-electron chi connectivity index (χ4n) is 4.62. The lowest BCUT2D eigenvalue weighted by molar-refractivity contribution is -0.137. The maximum absolute atomic E-state index is 13.1. The topological polar surface area (TPSA) is 110 Å². The minimum absolute atomic E-state index is 0.0392. The summed E-state index contributed by atoms with van der Waals surface area (Å²) < 4.78 is 1.85. The monoisotopic (exact) mass is 537 g/mol. The molecule has 0 atom stereocenters. The predicted octanol–water partition coefficient (Wildman–Crippen LogP) is 2.96. The number of carboxylic acid groups (broad SMARTS) is 1. The van der Waals surface area contributed by atoms with Gasteiger partial charge in [0, 0.05) is 57.4 Å². The molecule has 3 heterocycles. The van der Waals surface area contributed by atoms with E-state index in [4.69, 9.17) is 17.3 Å². The van der Waals surface area contributed by atoms with Gasteiger partial charge in [0.25, 0.3) is 11.5 Å². The second kappa shape index (κ2) is 11.2. The minimum Gasteiger partial charge on any atom is -0.481 e. The van der Waals surface area contributed by atoms with Crippen molar-refractivity contribution in [3.05, 3.63) is 62.3 Å². The molecule has 11 heteroatoms. The number of carbonyl (C=O) groups excluding carboxylic acids is 1. The second-order valence-corrected chi connectivity index (χ2v) is 10.5. The number of benzene rings is 1. The zero-order valence-corrected chi connectivity index (χ0v) is 22.3. The number of amides is 1. The van der Waals surface area contributed by atoms with E-state index >= 15 is 0 Å².